The van der Waals surface area contributed by atoms with Crippen LogP contribution >= 0.6 is 0 Å². The number of carbonyl (C=O) groups is 2. The van der Waals surface area contributed by atoms with Crippen LogP contribution in [0, 0.1) is 16.6 Å². The van der Waals surface area contributed by atoms with Crippen LogP contribution in [0.5, 0.6) is 0 Å². The molecule has 0 saturated heterocycles. The molecule has 37 heavy (non-hydrogen) atoms. The summed E-state index contributed by atoms with van der Waals surface area (Å²) in [5.41, 5.74) is 3.81. The fourth-order valence-corrected chi connectivity index (χ4v) is 5.01. The van der Waals surface area contributed by atoms with Crippen LogP contribution in [0.15, 0.2) is 42.6 Å². The fourth-order valence-electron chi connectivity index (χ4n) is 5.01. The summed E-state index contributed by atoms with van der Waals surface area (Å²) in [4.78, 5) is 24.5. The molecule has 0 aliphatic rings. The van der Waals surface area contributed by atoms with Gasteiger partial charge in [-0.15, -0.1) is 0 Å². The third-order valence-electron chi connectivity index (χ3n) is 6.91. The van der Waals surface area contributed by atoms with E-state index in [1.165, 1.54) is 16.8 Å². The molecule has 0 fully saturated rings. The molecule has 6 nitrogen and oxygen atoms in total. The Hall–Kier alpha value is -3.48. The zero-order valence-corrected chi connectivity index (χ0v) is 22.7. The minimum absolute atomic E-state index is 0.0884. The smallest absolute Gasteiger partial charge is 0.303 e. The van der Waals surface area contributed by atoms with Crippen LogP contribution in [0.25, 0.3) is 32.9 Å². The largest absolute Gasteiger partial charge is 0.481 e. The molecule has 0 spiro atoms. The molecule has 7 heteroatoms. The number of nitrogens with zero attached hydrogens (tertiary/aromatic N) is 3. The minimum Gasteiger partial charge on any atom is -0.481 e. The average molecular weight is 506 g/mol. The Morgan fingerprint density at radius 1 is 1.03 bits per heavy atom. The molecule has 2 aromatic carbocycles. The van der Waals surface area contributed by atoms with Crippen molar-refractivity contribution in [1.29, 1.82) is 0 Å². The second-order valence-corrected chi connectivity index (χ2v) is 12.1. The number of aliphatic carboxylic acids is 1. The van der Waals surface area contributed by atoms with Crippen molar-refractivity contribution in [2.24, 2.45) is 10.8 Å². The van der Waals surface area contributed by atoms with Gasteiger partial charge in [0, 0.05) is 40.4 Å². The van der Waals surface area contributed by atoms with Crippen molar-refractivity contribution in [3.05, 3.63) is 54.1 Å². The Morgan fingerprint density at radius 3 is 2.24 bits per heavy atom. The molecule has 1 N–H and O–H groups in total. The summed E-state index contributed by atoms with van der Waals surface area (Å²) in [5.74, 6) is -1.06. The van der Waals surface area contributed by atoms with Gasteiger partial charge in [-0.2, -0.15) is 9.78 Å². The van der Waals surface area contributed by atoms with Gasteiger partial charge < -0.3 is 9.67 Å². The predicted molar refractivity (Wildman–Crippen MR) is 145 cm³/mol. The van der Waals surface area contributed by atoms with E-state index < -0.39 is 11.4 Å². The molecular weight excluding hydrogens is 469 g/mol. The van der Waals surface area contributed by atoms with Gasteiger partial charge in [-0.05, 0) is 47.6 Å². The van der Waals surface area contributed by atoms with Gasteiger partial charge in [-0.1, -0.05) is 60.6 Å². The maximum Gasteiger partial charge on any atom is 0.303 e. The lowest BCUT2D eigenvalue weighted by atomic mass is 9.87. The molecule has 196 valence electrons. The lowest BCUT2D eigenvalue weighted by Crippen LogP contribution is -2.27. The van der Waals surface area contributed by atoms with E-state index in [2.05, 4.69) is 43.4 Å². The number of rotatable bonds is 7. The number of carboxylic acids is 1. The Kier molecular flexibility index (Phi) is 6.78. The third-order valence-corrected chi connectivity index (χ3v) is 6.91. The van der Waals surface area contributed by atoms with Gasteiger partial charge in [0.2, 0.25) is 0 Å². The molecule has 0 saturated carbocycles. The predicted octanol–water partition coefficient (Wildman–Crippen LogP) is 7.50. The van der Waals surface area contributed by atoms with Gasteiger partial charge in [0.15, 0.2) is 0 Å². The summed E-state index contributed by atoms with van der Waals surface area (Å²) in [7, 11) is 0. The number of hydrogen-bond acceptors (Lipinski definition) is 3. The molecule has 0 bridgehead atoms. The number of fused-ring (bicyclic) bond motifs is 2. The molecule has 0 amide bonds. The van der Waals surface area contributed by atoms with Crippen LogP contribution in [-0.4, -0.2) is 31.3 Å². The Bertz CT molecular complexity index is 1480. The molecule has 0 radical (unpaired) electrons. The second-order valence-electron chi connectivity index (χ2n) is 12.1. The zero-order valence-electron chi connectivity index (χ0n) is 22.7. The highest BCUT2D eigenvalue weighted by atomic mass is 19.1. The van der Waals surface area contributed by atoms with Crippen LogP contribution in [0.2, 0.25) is 0 Å². The van der Waals surface area contributed by atoms with E-state index in [4.69, 9.17) is 0 Å². The van der Waals surface area contributed by atoms with Crippen LogP contribution in [0.3, 0.4) is 0 Å². The van der Waals surface area contributed by atoms with E-state index in [-0.39, 0.29) is 29.5 Å². The monoisotopic (exact) mass is 505 g/mol. The quantitative estimate of drug-likeness (QED) is 0.282. The molecule has 2 aromatic heterocycles. The SMILES string of the molecule is CC(C)c1c(-c2ccc(F)cc2)c2cc3cnn(C(=O)C(C)(C)C)c3cc2n1CC(C)(C)CCC(=O)O. The summed E-state index contributed by atoms with van der Waals surface area (Å²) in [6.45, 7) is 14.6. The number of carbonyl (C=O) groups excluding carboxylic acids is 1. The number of benzene rings is 2. The van der Waals surface area contributed by atoms with Crippen molar-refractivity contribution in [2.75, 3.05) is 0 Å². The van der Waals surface area contributed by atoms with Gasteiger partial charge in [0.1, 0.15) is 5.82 Å². The second kappa shape index (κ2) is 9.43. The van der Waals surface area contributed by atoms with E-state index in [0.717, 1.165) is 38.6 Å². The topological polar surface area (TPSA) is 77.1 Å². The summed E-state index contributed by atoms with van der Waals surface area (Å²) < 4.78 is 17.6. The standard InChI is InChI=1S/C30H36FN3O3/c1-18(2)27-26(19-8-10-21(31)11-9-19)22-14-20-16-32-34(28(37)29(3,4)5)23(20)15-24(22)33(27)17-30(6,7)13-12-25(35)36/h8-11,14-16,18H,12-13,17H2,1-7H3,(H,35,36). The number of aromatic nitrogens is 3. The Balaban J connectivity index is 2.04. The first kappa shape index (κ1) is 26.6. The first-order valence-corrected chi connectivity index (χ1v) is 12.8. The van der Waals surface area contributed by atoms with Crippen molar-refractivity contribution in [3.8, 4) is 11.1 Å². The average Bonchev–Trinajstić information content (AvgIpc) is 3.34. The van der Waals surface area contributed by atoms with Crippen molar-refractivity contribution in [3.63, 3.8) is 0 Å². The molecule has 4 aromatic rings. The van der Waals surface area contributed by atoms with Crippen molar-refractivity contribution < 1.29 is 19.1 Å². The number of halogens is 1. The van der Waals surface area contributed by atoms with Gasteiger partial charge >= 0.3 is 5.97 Å². The van der Waals surface area contributed by atoms with Gasteiger partial charge in [0.25, 0.3) is 5.91 Å². The summed E-state index contributed by atoms with van der Waals surface area (Å²) in [6, 6.07) is 10.6. The summed E-state index contributed by atoms with van der Waals surface area (Å²) in [5, 5.41) is 15.6. The molecule has 2 heterocycles. The lowest BCUT2D eigenvalue weighted by Gasteiger charge is -2.27. The first-order valence-electron chi connectivity index (χ1n) is 12.8. The highest BCUT2D eigenvalue weighted by Gasteiger charge is 2.29. The van der Waals surface area contributed by atoms with E-state index in [9.17, 15) is 19.1 Å². The van der Waals surface area contributed by atoms with Crippen LogP contribution < -0.4 is 0 Å². The van der Waals surface area contributed by atoms with E-state index in [0.29, 0.717) is 13.0 Å². The zero-order chi connectivity index (χ0) is 27.3. The highest BCUT2D eigenvalue weighted by molar-refractivity contribution is 6.06. The summed E-state index contributed by atoms with van der Waals surface area (Å²) in [6.07, 6.45) is 2.33. The van der Waals surface area contributed by atoms with Crippen molar-refractivity contribution in [2.45, 2.75) is 73.8 Å². The van der Waals surface area contributed by atoms with E-state index >= 15 is 0 Å². The van der Waals surface area contributed by atoms with Gasteiger partial charge in [-0.25, -0.2) is 4.39 Å². The highest BCUT2D eigenvalue weighted by Crippen LogP contribution is 2.42. The van der Waals surface area contributed by atoms with Gasteiger partial charge in [0.05, 0.1) is 17.2 Å². The fraction of sp³-hybridized carbons (Fsp3) is 0.433. The van der Waals surface area contributed by atoms with Crippen LogP contribution in [-0.2, 0) is 11.3 Å². The Labute approximate surface area is 217 Å². The molecule has 4 rings (SSSR count). The van der Waals surface area contributed by atoms with Gasteiger partial charge in [-0.3, -0.25) is 9.59 Å². The minimum atomic E-state index is -0.812. The Morgan fingerprint density at radius 2 is 1.68 bits per heavy atom. The van der Waals surface area contributed by atoms with E-state index in [1.807, 2.05) is 26.8 Å². The summed E-state index contributed by atoms with van der Waals surface area (Å²) >= 11 is 0. The third kappa shape index (κ3) is 5.17. The maximum atomic E-state index is 13.8. The van der Waals surface area contributed by atoms with Crippen molar-refractivity contribution >= 4 is 33.7 Å². The lowest BCUT2D eigenvalue weighted by molar-refractivity contribution is -0.137. The van der Waals surface area contributed by atoms with E-state index in [1.54, 1.807) is 18.3 Å². The maximum absolute atomic E-state index is 13.8. The van der Waals surface area contributed by atoms with Crippen LogP contribution in [0.4, 0.5) is 4.39 Å². The van der Waals surface area contributed by atoms with Crippen molar-refractivity contribution in [1.82, 2.24) is 14.3 Å². The normalized spacial score (nSPS) is 12.7. The molecular formula is C30H36FN3O3. The van der Waals surface area contributed by atoms with Crippen LogP contribution in [0.1, 0.15) is 77.7 Å². The molecule has 0 aliphatic carbocycles. The molecule has 0 atom stereocenters. The molecule has 0 aliphatic heterocycles. The number of hydrogen-bond donors (Lipinski definition) is 1. The first-order chi connectivity index (χ1) is 17.2. The number of carboxylic acid groups (broad SMARTS) is 1. The molecule has 0 unspecified atom stereocenters.